The lowest BCUT2D eigenvalue weighted by Crippen LogP contribution is -2.39. The first kappa shape index (κ1) is 17.5. The standard InChI is InChI=1S/C17H32N2O3/c1-17(2,3)22-16(20)19-10-9-13(12-19)11-18-14-5-7-15(21-4)8-6-14/h13-15,18H,5-12H2,1-4H3. The van der Waals surface area contributed by atoms with Crippen LogP contribution in [0, 0.1) is 5.92 Å². The highest BCUT2D eigenvalue weighted by Gasteiger charge is 2.30. The molecule has 1 aliphatic carbocycles. The number of likely N-dealkylation sites (tertiary alicyclic amines) is 1. The van der Waals surface area contributed by atoms with E-state index in [0.717, 1.165) is 38.9 Å². The zero-order valence-corrected chi connectivity index (χ0v) is 14.6. The highest BCUT2D eigenvalue weighted by molar-refractivity contribution is 5.68. The average molecular weight is 312 g/mol. The normalized spacial score (nSPS) is 29.6. The van der Waals surface area contributed by atoms with Gasteiger partial charge in [-0.25, -0.2) is 4.79 Å². The molecule has 1 amide bonds. The van der Waals surface area contributed by atoms with E-state index in [1.807, 2.05) is 32.8 Å². The number of methoxy groups -OCH3 is 1. The Bertz CT molecular complexity index is 359. The lowest BCUT2D eigenvalue weighted by atomic mass is 9.92. The molecule has 1 saturated heterocycles. The Balaban J connectivity index is 1.65. The third-order valence-corrected chi connectivity index (χ3v) is 4.64. The molecule has 1 atom stereocenters. The molecule has 0 aromatic rings. The summed E-state index contributed by atoms with van der Waals surface area (Å²) in [6.45, 7) is 8.37. The van der Waals surface area contributed by atoms with Gasteiger partial charge in [-0.3, -0.25) is 0 Å². The van der Waals surface area contributed by atoms with Crippen LogP contribution in [0.1, 0.15) is 52.9 Å². The lowest BCUT2D eigenvalue weighted by Gasteiger charge is -2.29. The molecule has 22 heavy (non-hydrogen) atoms. The number of carbonyl (C=O) groups is 1. The minimum Gasteiger partial charge on any atom is -0.444 e. The molecule has 0 spiro atoms. The summed E-state index contributed by atoms with van der Waals surface area (Å²) in [5, 5.41) is 3.68. The second-order valence-corrected chi connectivity index (χ2v) is 7.70. The first-order chi connectivity index (χ1) is 10.4. The van der Waals surface area contributed by atoms with Crippen LogP contribution < -0.4 is 5.32 Å². The summed E-state index contributed by atoms with van der Waals surface area (Å²) < 4.78 is 10.9. The predicted octanol–water partition coefficient (Wildman–Crippen LogP) is 2.79. The average Bonchev–Trinajstić information content (AvgIpc) is 2.93. The van der Waals surface area contributed by atoms with E-state index in [4.69, 9.17) is 9.47 Å². The van der Waals surface area contributed by atoms with E-state index < -0.39 is 5.60 Å². The molecule has 0 aromatic heterocycles. The van der Waals surface area contributed by atoms with Crippen LogP contribution in [0.5, 0.6) is 0 Å². The van der Waals surface area contributed by atoms with Crippen LogP contribution in [-0.2, 0) is 9.47 Å². The number of nitrogens with zero attached hydrogens (tertiary/aromatic N) is 1. The minimum absolute atomic E-state index is 0.171. The van der Waals surface area contributed by atoms with Crippen molar-refractivity contribution in [3.8, 4) is 0 Å². The van der Waals surface area contributed by atoms with Crippen LogP contribution >= 0.6 is 0 Å². The van der Waals surface area contributed by atoms with Crippen molar-refractivity contribution in [3.63, 3.8) is 0 Å². The molecule has 5 nitrogen and oxygen atoms in total. The summed E-state index contributed by atoms with van der Waals surface area (Å²) in [5.41, 5.74) is -0.409. The summed E-state index contributed by atoms with van der Waals surface area (Å²) in [5.74, 6) is 0.549. The summed E-state index contributed by atoms with van der Waals surface area (Å²) in [6.07, 6.45) is 6.05. The Hall–Kier alpha value is -0.810. The molecule has 2 fully saturated rings. The third kappa shape index (κ3) is 5.43. The van der Waals surface area contributed by atoms with Crippen molar-refractivity contribution < 1.29 is 14.3 Å². The van der Waals surface area contributed by atoms with E-state index in [0.29, 0.717) is 18.1 Å². The first-order valence-corrected chi connectivity index (χ1v) is 8.61. The fraction of sp³-hybridized carbons (Fsp3) is 0.941. The molecule has 2 aliphatic rings. The molecule has 1 N–H and O–H groups in total. The SMILES string of the molecule is COC1CCC(NCC2CCN(C(=O)OC(C)(C)C)C2)CC1. The van der Waals surface area contributed by atoms with Gasteiger partial charge >= 0.3 is 6.09 Å². The van der Waals surface area contributed by atoms with Crippen LogP contribution in [0.3, 0.4) is 0 Å². The van der Waals surface area contributed by atoms with E-state index in [9.17, 15) is 4.79 Å². The van der Waals surface area contributed by atoms with E-state index in [1.54, 1.807) is 0 Å². The van der Waals surface area contributed by atoms with Gasteiger partial charge in [0.25, 0.3) is 0 Å². The van der Waals surface area contributed by atoms with Gasteiger partial charge in [0, 0.05) is 26.2 Å². The highest BCUT2D eigenvalue weighted by Crippen LogP contribution is 2.22. The molecular weight excluding hydrogens is 280 g/mol. The van der Waals surface area contributed by atoms with Crippen molar-refractivity contribution in [1.29, 1.82) is 0 Å². The number of nitrogens with one attached hydrogen (secondary N) is 1. The van der Waals surface area contributed by atoms with Crippen molar-refractivity contribution >= 4 is 6.09 Å². The summed E-state index contributed by atoms with van der Waals surface area (Å²) >= 11 is 0. The third-order valence-electron chi connectivity index (χ3n) is 4.64. The Labute approximate surface area is 134 Å². The number of ether oxygens (including phenoxy) is 2. The largest absolute Gasteiger partial charge is 0.444 e. The number of amides is 1. The van der Waals surface area contributed by atoms with Crippen molar-refractivity contribution in [2.45, 2.75) is 70.6 Å². The van der Waals surface area contributed by atoms with Crippen LogP contribution in [-0.4, -0.2) is 55.5 Å². The number of carbonyl (C=O) groups excluding carboxylic acids is 1. The number of hydrogen-bond acceptors (Lipinski definition) is 4. The smallest absolute Gasteiger partial charge is 0.410 e. The van der Waals surface area contributed by atoms with Crippen LogP contribution in [0.2, 0.25) is 0 Å². The fourth-order valence-corrected chi connectivity index (χ4v) is 3.33. The molecule has 0 radical (unpaired) electrons. The maximum absolute atomic E-state index is 12.1. The van der Waals surface area contributed by atoms with Crippen LogP contribution in [0.25, 0.3) is 0 Å². The van der Waals surface area contributed by atoms with Gasteiger partial charge in [-0.1, -0.05) is 0 Å². The van der Waals surface area contributed by atoms with E-state index in [1.165, 1.54) is 12.8 Å². The minimum atomic E-state index is -0.409. The molecule has 1 heterocycles. The van der Waals surface area contributed by atoms with E-state index >= 15 is 0 Å². The Morgan fingerprint density at radius 3 is 2.45 bits per heavy atom. The summed E-state index contributed by atoms with van der Waals surface area (Å²) in [7, 11) is 1.81. The van der Waals surface area contributed by atoms with Crippen molar-refractivity contribution in [3.05, 3.63) is 0 Å². The predicted molar refractivity (Wildman–Crippen MR) is 87.0 cm³/mol. The summed E-state index contributed by atoms with van der Waals surface area (Å²) in [6, 6.07) is 0.613. The number of hydrogen-bond donors (Lipinski definition) is 1. The molecule has 128 valence electrons. The van der Waals surface area contributed by atoms with Crippen LogP contribution in [0.4, 0.5) is 4.79 Å². The summed E-state index contributed by atoms with van der Waals surface area (Å²) in [4.78, 5) is 13.9. The first-order valence-electron chi connectivity index (χ1n) is 8.61. The molecule has 0 aromatic carbocycles. The lowest BCUT2D eigenvalue weighted by molar-refractivity contribution is 0.0287. The molecule has 2 rings (SSSR count). The molecule has 1 saturated carbocycles. The highest BCUT2D eigenvalue weighted by atomic mass is 16.6. The van der Waals surface area contributed by atoms with Gasteiger partial charge in [-0.15, -0.1) is 0 Å². The van der Waals surface area contributed by atoms with E-state index in [-0.39, 0.29) is 6.09 Å². The number of rotatable bonds is 4. The van der Waals surface area contributed by atoms with Gasteiger partial charge in [-0.2, -0.15) is 0 Å². The molecule has 5 heteroatoms. The van der Waals surface area contributed by atoms with Crippen molar-refractivity contribution in [2.75, 3.05) is 26.7 Å². The van der Waals surface area contributed by atoms with E-state index in [2.05, 4.69) is 5.32 Å². The molecule has 1 aliphatic heterocycles. The molecule has 0 bridgehead atoms. The Morgan fingerprint density at radius 2 is 1.86 bits per heavy atom. The topological polar surface area (TPSA) is 50.8 Å². The molecule has 1 unspecified atom stereocenters. The van der Waals surface area contributed by atoms with Gasteiger partial charge < -0.3 is 19.7 Å². The van der Waals surface area contributed by atoms with Gasteiger partial charge in [0.05, 0.1) is 6.10 Å². The Kier molecular flexibility index (Phi) is 6.09. The maximum Gasteiger partial charge on any atom is 0.410 e. The van der Waals surface area contributed by atoms with Crippen molar-refractivity contribution in [2.24, 2.45) is 5.92 Å². The second kappa shape index (κ2) is 7.64. The van der Waals surface area contributed by atoms with Gasteiger partial charge in [-0.05, 0) is 65.3 Å². The zero-order valence-electron chi connectivity index (χ0n) is 14.6. The Morgan fingerprint density at radius 1 is 1.18 bits per heavy atom. The quantitative estimate of drug-likeness (QED) is 0.867. The van der Waals surface area contributed by atoms with Crippen molar-refractivity contribution in [1.82, 2.24) is 10.2 Å². The second-order valence-electron chi connectivity index (χ2n) is 7.70. The van der Waals surface area contributed by atoms with Gasteiger partial charge in [0.1, 0.15) is 5.60 Å². The van der Waals surface area contributed by atoms with Gasteiger partial charge in [0.2, 0.25) is 0 Å². The molecular formula is C17H32N2O3. The maximum atomic E-state index is 12.1. The zero-order chi connectivity index (χ0) is 16.2. The van der Waals surface area contributed by atoms with Crippen LogP contribution in [0.15, 0.2) is 0 Å². The van der Waals surface area contributed by atoms with Gasteiger partial charge in [0.15, 0.2) is 0 Å². The monoisotopic (exact) mass is 312 g/mol. The fourth-order valence-electron chi connectivity index (χ4n) is 3.33.